The van der Waals surface area contributed by atoms with E-state index in [1.54, 1.807) is 0 Å². The summed E-state index contributed by atoms with van der Waals surface area (Å²) >= 11 is 13.1. The standard InChI is InChI=1S/C14H7BrCl2F14/c1-3-6(16)5(15)7(17)4(2)8(3,9(18,11(20,21)22)12(23,24)25)10(19,13(26,27)28)14(29,30)31/h3H,1-2H3. The predicted octanol–water partition coefficient (Wildman–Crippen LogP) is 8.65. The molecule has 0 aromatic heterocycles. The number of halogens is 17. The van der Waals surface area contributed by atoms with E-state index in [2.05, 4.69) is 15.9 Å². The molecule has 0 aliphatic heterocycles. The first-order valence-corrected chi connectivity index (χ1v) is 8.92. The van der Waals surface area contributed by atoms with E-state index in [1.807, 2.05) is 0 Å². The van der Waals surface area contributed by atoms with Crippen molar-refractivity contribution in [1.29, 1.82) is 0 Å². The number of alkyl halides is 14. The molecule has 31 heavy (non-hydrogen) atoms. The first-order valence-electron chi connectivity index (χ1n) is 7.37. The van der Waals surface area contributed by atoms with Crippen molar-refractivity contribution in [2.24, 2.45) is 11.3 Å². The topological polar surface area (TPSA) is 0 Å². The Bertz CT molecular complexity index is 732. The lowest BCUT2D eigenvalue weighted by atomic mass is 9.50. The van der Waals surface area contributed by atoms with Gasteiger partial charge in [0.05, 0.1) is 9.51 Å². The first-order chi connectivity index (χ1) is 13.3. The van der Waals surface area contributed by atoms with Gasteiger partial charge in [-0.25, -0.2) is 8.78 Å². The Morgan fingerprint density at radius 3 is 1.16 bits per heavy atom. The van der Waals surface area contributed by atoms with Gasteiger partial charge in [0.2, 0.25) is 0 Å². The molecule has 1 rings (SSSR count). The summed E-state index contributed by atoms with van der Waals surface area (Å²) in [6.45, 7) is -0.352. The van der Waals surface area contributed by atoms with Crippen molar-refractivity contribution in [3.8, 4) is 0 Å². The molecule has 0 spiro atoms. The molecule has 0 saturated heterocycles. The molecule has 0 fully saturated rings. The second kappa shape index (κ2) is 7.54. The number of hydrogen-bond acceptors (Lipinski definition) is 0. The molecule has 1 atom stereocenters. The summed E-state index contributed by atoms with van der Waals surface area (Å²) < 4.78 is 191. The van der Waals surface area contributed by atoms with Crippen LogP contribution in [-0.2, 0) is 0 Å². The summed E-state index contributed by atoms with van der Waals surface area (Å²) in [5.74, 6) is -3.53. The van der Waals surface area contributed by atoms with E-state index < -0.39 is 67.5 Å². The van der Waals surface area contributed by atoms with Crippen molar-refractivity contribution in [2.45, 2.75) is 49.9 Å². The van der Waals surface area contributed by atoms with Crippen LogP contribution in [0.3, 0.4) is 0 Å². The van der Waals surface area contributed by atoms with Crippen LogP contribution in [0.15, 0.2) is 20.1 Å². The van der Waals surface area contributed by atoms with E-state index in [-0.39, 0.29) is 13.8 Å². The van der Waals surface area contributed by atoms with Crippen LogP contribution in [0.25, 0.3) is 0 Å². The van der Waals surface area contributed by atoms with Crippen LogP contribution in [0.4, 0.5) is 61.5 Å². The van der Waals surface area contributed by atoms with Gasteiger partial charge in [0.15, 0.2) is 0 Å². The Hall–Kier alpha value is -0.440. The zero-order valence-electron chi connectivity index (χ0n) is 14.5. The van der Waals surface area contributed by atoms with Gasteiger partial charge in [-0.3, -0.25) is 0 Å². The molecule has 0 heterocycles. The zero-order chi connectivity index (χ0) is 25.4. The molecule has 1 aliphatic carbocycles. The van der Waals surface area contributed by atoms with E-state index in [1.165, 1.54) is 0 Å². The minimum absolute atomic E-state index is 0.145. The summed E-state index contributed by atoms with van der Waals surface area (Å²) in [4.78, 5) is 0. The van der Waals surface area contributed by atoms with Gasteiger partial charge in [-0.15, -0.1) is 0 Å². The van der Waals surface area contributed by atoms with Crippen LogP contribution in [0.2, 0.25) is 0 Å². The molecule has 0 nitrogen and oxygen atoms in total. The van der Waals surface area contributed by atoms with Crippen molar-refractivity contribution < 1.29 is 61.5 Å². The quantitative estimate of drug-likeness (QED) is 0.282. The van der Waals surface area contributed by atoms with E-state index in [4.69, 9.17) is 23.2 Å². The normalized spacial score (nSPS) is 22.4. The van der Waals surface area contributed by atoms with Crippen molar-refractivity contribution in [1.82, 2.24) is 0 Å². The smallest absolute Gasteiger partial charge is 0.222 e. The predicted molar refractivity (Wildman–Crippen MR) is 83.9 cm³/mol. The molecule has 0 aromatic carbocycles. The summed E-state index contributed by atoms with van der Waals surface area (Å²) in [5.41, 5.74) is -23.4. The van der Waals surface area contributed by atoms with Crippen LogP contribution in [0.5, 0.6) is 0 Å². The maximum absolute atomic E-state index is 15.2. The van der Waals surface area contributed by atoms with Gasteiger partial charge in [-0.05, 0) is 28.4 Å². The largest absolute Gasteiger partial charge is 0.432 e. The Morgan fingerprint density at radius 2 is 0.935 bits per heavy atom. The SMILES string of the molecule is CC1=C(Cl)C(Br)=C(Cl)C(C)C1(C(F)(C(F)(F)F)C(F)(F)F)C(F)(C(F)(F)F)C(F)(F)F. The van der Waals surface area contributed by atoms with Gasteiger partial charge in [-0.2, -0.15) is 52.7 Å². The molecular formula is C14H7BrCl2F14. The molecule has 0 saturated carbocycles. The van der Waals surface area contributed by atoms with Gasteiger partial charge in [0.25, 0.3) is 0 Å². The third kappa shape index (κ3) is 3.38. The van der Waals surface area contributed by atoms with Crippen molar-refractivity contribution in [3.63, 3.8) is 0 Å². The lowest BCUT2D eigenvalue weighted by molar-refractivity contribution is -0.444. The minimum Gasteiger partial charge on any atom is -0.222 e. The van der Waals surface area contributed by atoms with Crippen LogP contribution in [0.1, 0.15) is 13.8 Å². The monoisotopic (exact) mass is 590 g/mol. The summed E-state index contributed by atoms with van der Waals surface area (Å²) in [6.07, 6.45) is -30.2. The molecule has 0 N–H and O–H groups in total. The van der Waals surface area contributed by atoms with E-state index in [0.717, 1.165) is 0 Å². The number of hydrogen-bond donors (Lipinski definition) is 0. The van der Waals surface area contributed by atoms with Crippen molar-refractivity contribution in [3.05, 3.63) is 20.1 Å². The lowest BCUT2D eigenvalue weighted by Crippen LogP contribution is -2.79. The Kier molecular flexibility index (Phi) is 6.95. The molecule has 0 amide bonds. The highest BCUT2D eigenvalue weighted by Gasteiger charge is 2.96. The molecule has 1 unspecified atom stereocenters. The molecule has 17 heteroatoms. The van der Waals surface area contributed by atoms with Gasteiger partial charge < -0.3 is 0 Å². The van der Waals surface area contributed by atoms with Gasteiger partial charge in [0, 0.05) is 11.0 Å². The Morgan fingerprint density at radius 1 is 0.677 bits per heavy atom. The van der Waals surface area contributed by atoms with Crippen molar-refractivity contribution >= 4 is 39.1 Å². The van der Waals surface area contributed by atoms with Crippen LogP contribution >= 0.6 is 39.1 Å². The highest BCUT2D eigenvalue weighted by atomic mass is 79.9. The maximum Gasteiger partial charge on any atom is 0.432 e. The first kappa shape index (κ1) is 28.6. The second-order valence-electron chi connectivity index (χ2n) is 6.44. The van der Waals surface area contributed by atoms with E-state index in [0.29, 0.717) is 0 Å². The summed E-state index contributed by atoms with van der Waals surface area (Å²) in [7, 11) is 0. The fraction of sp³-hybridized carbons (Fsp3) is 0.714. The lowest BCUT2D eigenvalue weighted by Gasteiger charge is -2.58. The third-order valence-electron chi connectivity index (χ3n) is 5.00. The Balaban J connectivity index is 4.66. The third-order valence-corrected chi connectivity index (χ3v) is 7.27. The van der Waals surface area contributed by atoms with Crippen molar-refractivity contribution in [2.75, 3.05) is 0 Å². The summed E-state index contributed by atoms with van der Waals surface area (Å²) in [5, 5.41) is -3.34. The fourth-order valence-electron chi connectivity index (χ4n) is 3.71. The highest BCUT2D eigenvalue weighted by Crippen LogP contribution is 2.75. The van der Waals surface area contributed by atoms with Crippen LogP contribution in [0, 0.1) is 11.3 Å². The molecule has 0 aromatic rings. The molecule has 0 bridgehead atoms. The zero-order valence-corrected chi connectivity index (χ0v) is 17.6. The van der Waals surface area contributed by atoms with Gasteiger partial charge >= 0.3 is 36.0 Å². The Labute approximate surface area is 182 Å². The van der Waals surface area contributed by atoms with Crippen LogP contribution in [-0.4, -0.2) is 36.0 Å². The molecular weight excluding hydrogens is 585 g/mol. The number of rotatable bonds is 2. The molecule has 1 aliphatic rings. The minimum atomic E-state index is -7.55. The fourth-order valence-corrected chi connectivity index (χ4v) is 4.91. The highest BCUT2D eigenvalue weighted by molar-refractivity contribution is 9.12. The number of allylic oxidation sites excluding steroid dienone is 4. The van der Waals surface area contributed by atoms with Gasteiger partial charge in [0.1, 0.15) is 5.41 Å². The molecule has 182 valence electrons. The second-order valence-corrected chi connectivity index (χ2v) is 8.02. The summed E-state index contributed by atoms with van der Waals surface area (Å²) in [6, 6.07) is 0. The molecule has 0 radical (unpaired) electrons. The van der Waals surface area contributed by atoms with Crippen LogP contribution < -0.4 is 0 Å². The maximum atomic E-state index is 15.2. The van der Waals surface area contributed by atoms with E-state index in [9.17, 15) is 52.7 Å². The average Bonchev–Trinajstić information content (AvgIpc) is 2.54. The van der Waals surface area contributed by atoms with Gasteiger partial charge in [-0.1, -0.05) is 30.1 Å². The van der Waals surface area contributed by atoms with E-state index >= 15 is 8.78 Å². The average molecular weight is 592 g/mol.